The lowest BCUT2D eigenvalue weighted by Gasteiger charge is -2.10. The third kappa shape index (κ3) is 2.72. The van der Waals surface area contributed by atoms with Gasteiger partial charge in [0.1, 0.15) is 5.56 Å². The van der Waals surface area contributed by atoms with E-state index in [9.17, 15) is 4.79 Å². The van der Waals surface area contributed by atoms with Crippen molar-refractivity contribution in [2.75, 3.05) is 26.1 Å². The summed E-state index contributed by atoms with van der Waals surface area (Å²) in [4.78, 5) is 16.2. The number of nitrogens with two attached hydrogens (primary N) is 1. The summed E-state index contributed by atoms with van der Waals surface area (Å²) < 4.78 is 10.1. The van der Waals surface area contributed by atoms with Crippen molar-refractivity contribution in [1.29, 1.82) is 0 Å². The predicted molar refractivity (Wildman–Crippen MR) is 77.7 cm³/mol. The Balaban J connectivity index is 2.49. The molecule has 20 heavy (non-hydrogen) atoms. The molecule has 1 aromatic heterocycles. The van der Waals surface area contributed by atoms with E-state index in [0.29, 0.717) is 24.5 Å². The standard InChI is InChI=1S/C15H18N2O3/c1-3-20-15(18)12-9-17-14-10(7-8-19-2)5-4-6-11(14)13(12)16/h4-6,9H,3,7-8H2,1-2H3,(H2,16,17). The molecule has 2 N–H and O–H groups in total. The van der Waals surface area contributed by atoms with Gasteiger partial charge in [0.25, 0.3) is 0 Å². The average molecular weight is 274 g/mol. The number of hydrogen-bond acceptors (Lipinski definition) is 5. The van der Waals surface area contributed by atoms with Crippen molar-refractivity contribution in [3.63, 3.8) is 0 Å². The van der Waals surface area contributed by atoms with E-state index in [1.807, 2.05) is 18.2 Å². The Kier molecular flexibility index (Phi) is 4.53. The van der Waals surface area contributed by atoms with Gasteiger partial charge in [0.05, 0.1) is 24.4 Å². The second kappa shape index (κ2) is 6.34. The highest BCUT2D eigenvalue weighted by Gasteiger charge is 2.15. The van der Waals surface area contributed by atoms with Gasteiger partial charge in [0, 0.05) is 18.7 Å². The van der Waals surface area contributed by atoms with E-state index < -0.39 is 5.97 Å². The van der Waals surface area contributed by atoms with Crippen LogP contribution in [0.3, 0.4) is 0 Å². The normalized spacial score (nSPS) is 10.7. The zero-order valence-corrected chi connectivity index (χ0v) is 11.7. The Bertz CT molecular complexity index is 626. The molecule has 0 aliphatic rings. The van der Waals surface area contributed by atoms with Gasteiger partial charge >= 0.3 is 5.97 Å². The highest BCUT2D eigenvalue weighted by Crippen LogP contribution is 2.26. The number of esters is 1. The van der Waals surface area contributed by atoms with Gasteiger partial charge in [-0.15, -0.1) is 0 Å². The molecule has 0 saturated carbocycles. The summed E-state index contributed by atoms with van der Waals surface area (Å²) in [5, 5.41) is 0.768. The van der Waals surface area contributed by atoms with Gasteiger partial charge in [-0.3, -0.25) is 4.98 Å². The minimum Gasteiger partial charge on any atom is -0.462 e. The maximum atomic E-state index is 11.8. The van der Waals surface area contributed by atoms with Gasteiger partial charge in [0.2, 0.25) is 0 Å². The van der Waals surface area contributed by atoms with Gasteiger partial charge in [-0.2, -0.15) is 0 Å². The number of fused-ring (bicyclic) bond motifs is 1. The Morgan fingerprint density at radius 1 is 1.40 bits per heavy atom. The van der Waals surface area contributed by atoms with Gasteiger partial charge < -0.3 is 15.2 Å². The Labute approximate surface area is 117 Å². The maximum absolute atomic E-state index is 11.8. The summed E-state index contributed by atoms with van der Waals surface area (Å²) in [5.41, 5.74) is 8.64. The largest absolute Gasteiger partial charge is 0.462 e. The number of ether oxygens (including phenoxy) is 2. The van der Waals surface area contributed by atoms with Crippen molar-refractivity contribution in [2.24, 2.45) is 0 Å². The van der Waals surface area contributed by atoms with Crippen LogP contribution in [0.25, 0.3) is 10.9 Å². The molecule has 0 amide bonds. The first kappa shape index (κ1) is 14.3. The molecule has 0 aliphatic carbocycles. The molecule has 0 aliphatic heterocycles. The molecule has 0 atom stereocenters. The molecule has 2 aromatic rings. The number of nitrogens with zero attached hydrogens (tertiary/aromatic N) is 1. The minimum absolute atomic E-state index is 0.309. The first-order valence-electron chi connectivity index (χ1n) is 6.51. The maximum Gasteiger partial charge on any atom is 0.341 e. The smallest absolute Gasteiger partial charge is 0.341 e. The zero-order valence-electron chi connectivity index (χ0n) is 11.7. The van der Waals surface area contributed by atoms with Crippen molar-refractivity contribution in [3.05, 3.63) is 35.5 Å². The van der Waals surface area contributed by atoms with Crippen LogP contribution in [0.2, 0.25) is 0 Å². The summed E-state index contributed by atoms with van der Waals surface area (Å²) >= 11 is 0. The first-order valence-corrected chi connectivity index (χ1v) is 6.51. The van der Waals surface area contributed by atoms with Gasteiger partial charge in [-0.05, 0) is 18.9 Å². The summed E-state index contributed by atoms with van der Waals surface area (Å²) in [7, 11) is 1.66. The molecule has 2 rings (SSSR count). The fraction of sp³-hybridized carbons (Fsp3) is 0.333. The van der Waals surface area contributed by atoms with Crippen molar-refractivity contribution >= 4 is 22.6 Å². The second-order valence-electron chi connectivity index (χ2n) is 4.36. The third-order valence-electron chi connectivity index (χ3n) is 3.09. The van der Waals surface area contributed by atoms with Crippen LogP contribution in [-0.4, -0.2) is 31.3 Å². The number of carbonyl (C=O) groups is 1. The molecular formula is C15H18N2O3. The Morgan fingerprint density at radius 2 is 2.20 bits per heavy atom. The van der Waals surface area contributed by atoms with Crippen LogP contribution in [0, 0.1) is 0 Å². The zero-order chi connectivity index (χ0) is 14.5. The lowest BCUT2D eigenvalue weighted by Crippen LogP contribution is -2.09. The lowest BCUT2D eigenvalue weighted by molar-refractivity contribution is 0.0527. The number of nitrogen functional groups attached to an aromatic ring is 1. The molecule has 106 valence electrons. The van der Waals surface area contributed by atoms with E-state index in [1.54, 1.807) is 14.0 Å². The summed E-state index contributed by atoms with van der Waals surface area (Å²) in [6, 6.07) is 5.74. The Morgan fingerprint density at radius 3 is 2.90 bits per heavy atom. The topological polar surface area (TPSA) is 74.4 Å². The number of benzene rings is 1. The van der Waals surface area contributed by atoms with Crippen LogP contribution < -0.4 is 5.73 Å². The Hall–Kier alpha value is -2.14. The molecule has 1 heterocycles. The number of para-hydroxylation sites is 1. The third-order valence-corrected chi connectivity index (χ3v) is 3.09. The van der Waals surface area contributed by atoms with Crippen molar-refractivity contribution in [3.8, 4) is 0 Å². The molecule has 0 unspecified atom stereocenters. The van der Waals surface area contributed by atoms with Gasteiger partial charge in [-0.25, -0.2) is 4.79 Å². The molecule has 0 spiro atoms. The van der Waals surface area contributed by atoms with Crippen LogP contribution in [0.15, 0.2) is 24.4 Å². The molecule has 1 aromatic carbocycles. The van der Waals surface area contributed by atoms with Crippen LogP contribution in [-0.2, 0) is 15.9 Å². The highest BCUT2D eigenvalue weighted by atomic mass is 16.5. The number of carbonyl (C=O) groups excluding carboxylic acids is 1. The summed E-state index contributed by atoms with van der Waals surface area (Å²) in [6.07, 6.45) is 2.23. The highest BCUT2D eigenvalue weighted by molar-refractivity contribution is 6.04. The number of aromatic nitrogens is 1. The lowest BCUT2D eigenvalue weighted by atomic mass is 10.0. The number of anilines is 1. The van der Waals surface area contributed by atoms with Crippen LogP contribution in [0.5, 0.6) is 0 Å². The van der Waals surface area contributed by atoms with E-state index in [4.69, 9.17) is 15.2 Å². The van der Waals surface area contributed by atoms with E-state index in [2.05, 4.69) is 4.98 Å². The summed E-state index contributed by atoms with van der Waals surface area (Å²) in [5.74, 6) is -0.443. The van der Waals surface area contributed by atoms with Gasteiger partial charge in [-0.1, -0.05) is 18.2 Å². The number of rotatable bonds is 5. The predicted octanol–water partition coefficient (Wildman–Crippen LogP) is 2.18. The minimum atomic E-state index is -0.443. The molecule has 5 heteroatoms. The molecule has 0 saturated heterocycles. The fourth-order valence-corrected chi connectivity index (χ4v) is 2.09. The second-order valence-corrected chi connectivity index (χ2v) is 4.36. The van der Waals surface area contributed by atoms with Crippen LogP contribution in [0.4, 0.5) is 5.69 Å². The van der Waals surface area contributed by atoms with Crippen molar-refractivity contribution in [2.45, 2.75) is 13.3 Å². The molecule has 0 bridgehead atoms. The number of pyridine rings is 1. The van der Waals surface area contributed by atoms with E-state index >= 15 is 0 Å². The average Bonchev–Trinajstić information content (AvgIpc) is 2.46. The van der Waals surface area contributed by atoms with E-state index in [-0.39, 0.29) is 0 Å². The van der Waals surface area contributed by atoms with Crippen molar-refractivity contribution < 1.29 is 14.3 Å². The molecular weight excluding hydrogens is 256 g/mol. The first-order chi connectivity index (χ1) is 9.69. The number of hydrogen-bond donors (Lipinski definition) is 1. The van der Waals surface area contributed by atoms with Crippen LogP contribution >= 0.6 is 0 Å². The van der Waals surface area contributed by atoms with E-state index in [0.717, 1.165) is 22.9 Å². The van der Waals surface area contributed by atoms with Crippen molar-refractivity contribution in [1.82, 2.24) is 4.98 Å². The van der Waals surface area contributed by atoms with Crippen LogP contribution in [0.1, 0.15) is 22.8 Å². The quantitative estimate of drug-likeness (QED) is 0.846. The monoisotopic (exact) mass is 274 g/mol. The molecule has 0 radical (unpaired) electrons. The molecule has 5 nitrogen and oxygen atoms in total. The van der Waals surface area contributed by atoms with Gasteiger partial charge in [0.15, 0.2) is 0 Å². The SMILES string of the molecule is CCOC(=O)c1cnc2c(CCOC)cccc2c1N. The van der Waals surface area contributed by atoms with E-state index in [1.165, 1.54) is 6.20 Å². The number of methoxy groups -OCH3 is 1. The fourth-order valence-electron chi connectivity index (χ4n) is 2.09. The molecule has 0 fully saturated rings. The summed E-state index contributed by atoms with van der Waals surface area (Å²) in [6.45, 7) is 2.68.